The van der Waals surface area contributed by atoms with Crippen molar-refractivity contribution in [2.75, 3.05) is 13.7 Å². The van der Waals surface area contributed by atoms with E-state index in [2.05, 4.69) is 24.9 Å². The number of hydrogen-bond donors (Lipinski definition) is 0. The third-order valence-electron chi connectivity index (χ3n) is 6.01. The first kappa shape index (κ1) is 25.4. The minimum atomic E-state index is -4.51. The van der Waals surface area contributed by atoms with E-state index >= 15 is 0 Å². The van der Waals surface area contributed by atoms with E-state index in [1.54, 1.807) is 24.3 Å². The lowest BCUT2D eigenvalue weighted by Gasteiger charge is -2.14. The molecule has 3 aromatic heterocycles. The Morgan fingerprint density at radius 1 is 1.00 bits per heavy atom. The maximum Gasteiger partial charge on any atom is 0.434 e. The summed E-state index contributed by atoms with van der Waals surface area (Å²) in [7, 11) is 3.02. The molecule has 0 amide bonds. The van der Waals surface area contributed by atoms with Crippen molar-refractivity contribution in [2.24, 2.45) is 7.05 Å². The fourth-order valence-electron chi connectivity index (χ4n) is 4.00. The van der Waals surface area contributed by atoms with Crippen molar-refractivity contribution in [1.29, 1.82) is 0 Å². The van der Waals surface area contributed by atoms with Gasteiger partial charge in [0.25, 0.3) is 5.88 Å². The zero-order valence-electron chi connectivity index (χ0n) is 21.0. The van der Waals surface area contributed by atoms with Crippen molar-refractivity contribution in [3.8, 4) is 40.3 Å². The van der Waals surface area contributed by atoms with E-state index in [0.717, 1.165) is 30.3 Å². The van der Waals surface area contributed by atoms with Gasteiger partial charge in [0, 0.05) is 24.7 Å². The molecular formula is C26H25F3N6O3. The van der Waals surface area contributed by atoms with Gasteiger partial charge in [-0.2, -0.15) is 18.2 Å². The molecular weight excluding hydrogens is 501 g/mol. The Hall–Kier alpha value is -4.22. The van der Waals surface area contributed by atoms with Gasteiger partial charge in [0.1, 0.15) is 24.3 Å². The summed E-state index contributed by atoms with van der Waals surface area (Å²) < 4.78 is 57.5. The first-order chi connectivity index (χ1) is 18.3. The van der Waals surface area contributed by atoms with Crippen LogP contribution >= 0.6 is 0 Å². The predicted molar refractivity (Wildman–Crippen MR) is 131 cm³/mol. The SMILES string of the molecule is CCOc1ncnc(C2CC2)c1-c1ncc(OC)c(OCc2ccc(-c3nc(C(F)(F)F)cn3C)cc2)n1. The van der Waals surface area contributed by atoms with E-state index < -0.39 is 11.9 Å². The quantitative estimate of drug-likeness (QED) is 0.293. The highest BCUT2D eigenvalue weighted by molar-refractivity contribution is 5.66. The number of rotatable bonds is 9. The number of aryl methyl sites for hydroxylation is 1. The molecule has 1 saturated carbocycles. The van der Waals surface area contributed by atoms with Gasteiger partial charge in [-0.25, -0.2) is 19.9 Å². The Morgan fingerprint density at radius 2 is 1.76 bits per heavy atom. The van der Waals surface area contributed by atoms with Crippen LogP contribution in [0.2, 0.25) is 0 Å². The molecule has 0 bridgehead atoms. The lowest BCUT2D eigenvalue weighted by molar-refractivity contribution is -0.140. The van der Waals surface area contributed by atoms with E-state index in [1.165, 1.54) is 31.2 Å². The fourth-order valence-corrected chi connectivity index (χ4v) is 4.00. The standard InChI is InChI=1S/C26H25F3N6O3/c1-4-37-25-20(21(16-9-10-16)31-14-32-25)22-30-11-18(36-3)24(34-22)38-13-15-5-7-17(8-6-15)23-33-19(12-35(23)2)26(27,28)29/h5-8,11-12,14,16H,4,9-10,13H2,1-3H3. The van der Waals surface area contributed by atoms with Gasteiger partial charge in [-0.3, -0.25) is 0 Å². The van der Waals surface area contributed by atoms with Crippen molar-refractivity contribution in [3.63, 3.8) is 0 Å². The van der Waals surface area contributed by atoms with Gasteiger partial charge in [0.05, 0.1) is 25.6 Å². The number of nitrogens with zero attached hydrogens (tertiary/aromatic N) is 6. The van der Waals surface area contributed by atoms with Crippen molar-refractivity contribution in [2.45, 2.75) is 38.5 Å². The molecule has 4 aromatic rings. The molecule has 0 unspecified atom stereocenters. The summed E-state index contributed by atoms with van der Waals surface area (Å²) in [5.41, 5.74) is 1.88. The van der Waals surface area contributed by atoms with Gasteiger partial charge in [0.2, 0.25) is 5.88 Å². The summed E-state index contributed by atoms with van der Waals surface area (Å²) in [6.07, 6.45) is 1.53. The Kier molecular flexibility index (Phi) is 6.87. The monoisotopic (exact) mass is 526 g/mol. The molecule has 12 heteroatoms. The van der Waals surface area contributed by atoms with E-state index in [9.17, 15) is 13.2 Å². The van der Waals surface area contributed by atoms with Gasteiger partial charge in [-0.05, 0) is 25.3 Å². The van der Waals surface area contributed by atoms with Crippen LogP contribution in [0.1, 0.15) is 42.6 Å². The van der Waals surface area contributed by atoms with Crippen LogP contribution < -0.4 is 14.2 Å². The Bertz CT molecular complexity index is 1440. The minimum Gasteiger partial charge on any atom is -0.490 e. The molecule has 0 N–H and O–H groups in total. The number of methoxy groups -OCH3 is 1. The van der Waals surface area contributed by atoms with Crippen LogP contribution in [0.4, 0.5) is 13.2 Å². The molecule has 9 nitrogen and oxygen atoms in total. The number of aromatic nitrogens is 6. The Balaban J connectivity index is 1.38. The van der Waals surface area contributed by atoms with Crippen molar-refractivity contribution >= 4 is 0 Å². The van der Waals surface area contributed by atoms with E-state index in [0.29, 0.717) is 41.1 Å². The van der Waals surface area contributed by atoms with Crippen molar-refractivity contribution in [3.05, 3.63) is 59.9 Å². The predicted octanol–water partition coefficient (Wildman–Crippen LogP) is 5.22. The van der Waals surface area contributed by atoms with Crippen molar-refractivity contribution in [1.82, 2.24) is 29.5 Å². The average molecular weight is 527 g/mol. The molecule has 0 spiro atoms. The molecule has 0 radical (unpaired) electrons. The zero-order valence-corrected chi connectivity index (χ0v) is 21.0. The molecule has 38 heavy (non-hydrogen) atoms. The Morgan fingerprint density at radius 3 is 2.39 bits per heavy atom. The van der Waals surface area contributed by atoms with Crippen LogP contribution in [0.15, 0.2) is 43.0 Å². The number of benzene rings is 1. The largest absolute Gasteiger partial charge is 0.490 e. The second kappa shape index (κ2) is 10.3. The molecule has 1 aliphatic rings. The highest BCUT2D eigenvalue weighted by Gasteiger charge is 2.34. The number of hydrogen-bond acceptors (Lipinski definition) is 8. The summed E-state index contributed by atoms with van der Waals surface area (Å²) in [6.45, 7) is 2.44. The number of alkyl halides is 3. The van der Waals surface area contributed by atoms with Crippen LogP contribution in [0, 0.1) is 0 Å². The zero-order chi connectivity index (χ0) is 26.9. The summed E-state index contributed by atoms with van der Waals surface area (Å²) in [4.78, 5) is 21.5. The summed E-state index contributed by atoms with van der Waals surface area (Å²) in [5, 5.41) is 0. The van der Waals surface area contributed by atoms with Gasteiger partial charge in [-0.15, -0.1) is 0 Å². The number of ether oxygens (including phenoxy) is 3. The lowest BCUT2D eigenvalue weighted by Crippen LogP contribution is -2.06. The fraction of sp³-hybridized carbons (Fsp3) is 0.346. The van der Waals surface area contributed by atoms with Gasteiger partial charge in [0.15, 0.2) is 17.3 Å². The highest BCUT2D eigenvalue weighted by Crippen LogP contribution is 2.45. The lowest BCUT2D eigenvalue weighted by atomic mass is 10.1. The van der Waals surface area contributed by atoms with Crippen LogP contribution in [-0.4, -0.2) is 43.2 Å². The van der Waals surface area contributed by atoms with Gasteiger partial charge in [-0.1, -0.05) is 24.3 Å². The van der Waals surface area contributed by atoms with E-state index in [1.807, 2.05) is 6.92 Å². The maximum absolute atomic E-state index is 13.0. The molecule has 1 aliphatic carbocycles. The highest BCUT2D eigenvalue weighted by atomic mass is 19.4. The first-order valence-electron chi connectivity index (χ1n) is 12.0. The molecule has 1 aromatic carbocycles. The molecule has 0 saturated heterocycles. The smallest absolute Gasteiger partial charge is 0.434 e. The van der Waals surface area contributed by atoms with Crippen LogP contribution in [-0.2, 0) is 19.8 Å². The van der Waals surface area contributed by atoms with E-state index in [4.69, 9.17) is 14.2 Å². The molecule has 5 rings (SSSR count). The van der Waals surface area contributed by atoms with E-state index in [-0.39, 0.29) is 18.3 Å². The van der Waals surface area contributed by atoms with Crippen LogP contribution in [0.3, 0.4) is 0 Å². The number of halogens is 3. The molecule has 198 valence electrons. The van der Waals surface area contributed by atoms with Gasteiger partial charge >= 0.3 is 6.18 Å². The van der Waals surface area contributed by atoms with Crippen LogP contribution in [0.5, 0.6) is 17.5 Å². The summed E-state index contributed by atoms with van der Waals surface area (Å²) >= 11 is 0. The first-order valence-corrected chi connectivity index (χ1v) is 12.0. The third kappa shape index (κ3) is 5.24. The maximum atomic E-state index is 13.0. The minimum absolute atomic E-state index is 0.139. The topological polar surface area (TPSA) is 97.1 Å². The molecule has 0 aliphatic heterocycles. The number of imidazole rings is 1. The summed E-state index contributed by atoms with van der Waals surface area (Å²) in [6, 6.07) is 6.91. The summed E-state index contributed by atoms with van der Waals surface area (Å²) in [5.74, 6) is 1.89. The average Bonchev–Trinajstić information content (AvgIpc) is 3.68. The van der Waals surface area contributed by atoms with Crippen molar-refractivity contribution < 1.29 is 27.4 Å². The normalized spacial score (nSPS) is 13.4. The Labute approximate surface area is 216 Å². The molecule has 0 atom stereocenters. The second-order valence-electron chi connectivity index (χ2n) is 8.76. The molecule has 3 heterocycles. The second-order valence-corrected chi connectivity index (χ2v) is 8.76. The van der Waals surface area contributed by atoms with Gasteiger partial charge < -0.3 is 18.8 Å². The van der Waals surface area contributed by atoms with Crippen LogP contribution in [0.25, 0.3) is 22.8 Å². The molecule has 1 fully saturated rings. The third-order valence-corrected chi connectivity index (χ3v) is 6.01.